The van der Waals surface area contributed by atoms with Gasteiger partial charge in [0, 0.05) is 38.0 Å². The Kier molecular flexibility index (Phi) is 6.11. The van der Waals surface area contributed by atoms with Crippen molar-refractivity contribution in [2.45, 2.75) is 45.2 Å². The molecule has 0 unspecified atom stereocenters. The highest BCUT2D eigenvalue weighted by Gasteiger charge is 2.19. The maximum atomic E-state index is 12.8. The van der Waals surface area contributed by atoms with Gasteiger partial charge >= 0.3 is 0 Å². The first-order valence-electron chi connectivity index (χ1n) is 10.5. The van der Waals surface area contributed by atoms with Crippen LogP contribution in [0.25, 0.3) is 5.69 Å². The molecule has 1 saturated carbocycles. The summed E-state index contributed by atoms with van der Waals surface area (Å²) in [5.74, 6) is 1.27. The molecular formula is C22H28N6O2. The fourth-order valence-corrected chi connectivity index (χ4v) is 4.00. The van der Waals surface area contributed by atoms with Crippen LogP contribution in [0.4, 0.5) is 0 Å². The van der Waals surface area contributed by atoms with Crippen LogP contribution in [-0.2, 0) is 13.1 Å². The Bertz CT molecular complexity index is 989. The van der Waals surface area contributed by atoms with Crippen LogP contribution in [-0.4, -0.2) is 49.7 Å². The van der Waals surface area contributed by atoms with E-state index in [1.165, 1.54) is 32.1 Å². The summed E-state index contributed by atoms with van der Waals surface area (Å²) < 4.78 is 8.86. The Morgan fingerprint density at radius 2 is 2.07 bits per heavy atom. The number of ether oxygens (including phenoxy) is 1. The lowest BCUT2D eigenvalue weighted by molar-refractivity contribution is 0.0779. The fourth-order valence-electron chi connectivity index (χ4n) is 4.00. The zero-order valence-corrected chi connectivity index (χ0v) is 17.6. The molecular weight excluding hydrogens is 380 g/mol. The average Bonchev–Trinajstić information content (AvgIpc) is 3.44. The smallest absolute Gasteiger partial charge is 0.276 e. The second-order valence-electron chi connectivity index (χ2n) is 7.99. The highest BCUT2D eigenvalue weighted by molar-refractivity contribution is 5.91. The first-order chi connectivity index (χ1) is 14.6. The van der Waals surface area contributed by atoms with Crippen LogP contribution < -0.4 is 4.74 Å². The topological polar surface area (TPSA) is 78.1 Å². The number of nitrogens with zero attached hydrogens (tertiary/aromatic N) is 6. The monoisotopic (exact) mass is 408 g/mol. The number of hydrogen-bond donors (Lipinski definition) is 0. The van der Waals surface area contributed by atoms with Crippen LogP contribution >= 0.6 is 0 Å². The molecule has 0 bridgehead atoms. The first kappa shape index (κ1) is 20.1. The second kappa shape index (κ2) is 9.11. The van der Waals surface area contributed by atoms with E-state index in [0.717, 1.165) is 23.5 Å². The van der Waals surface area contributed by atoms with Crippen LogP contribution in [0.5, 0.6) is 5.75 Å². The van der Waals surface area contributed by atoms with Crippen molar-refractivity contribution >= 4 is 5.91 Å². The van der Waals surface area contributed by atoms with Gasteiger partial charge in [0.05, 0.1) is 25.2 Å². The molecule has 1 aliphatic rings. The van der Waals surface area contributed by atoms with Crippen molar-refractivity contribution in [3.05, 3.63) is 54.1 Å². The zero-order valence-electron chi connectivity index (χ0n) is 17.6. The quantitative estimate of drug-likeness (QED) is 0.599. The van der Waals surface area contributed by atoms with Gasteiger partial charge in [0.2, 0.25) is 0 Å². The normalized spacial score (nSPS) is 14.6. The highest BCUT2D eigenvalue weighted by Crippen LogP contribution is 2.24. The van der Waals surface area contributed by atoms with Gasteiger partial charge in [-0.25, -0.2) is 4.68 Å². The third kappa shape index (κ3) is 4.69. The Morgan fingerprint density at radius 3 is 2.87 bits per heavy atom. The SMILES string of the molecule is COc1cccc(-n2cc(CN(C)C(=O)c3cn(CC4CCCCC4)nn3)cn2)c1. The van der Waals surface area contributed by atoms with E-state index in [0.29, 0.717) is 18.2 Å². The molecule has 158 valence electrons. The van der Waals surface area contributed by atoms with Gasteiger partial charge < -0.3 is 9.64 Å². The van der Waals surface area contributed by atoms with Gasteiger partial charge in [-0.3, -0.25) is 9.48 Å². The molecule has 0 N–H and O–H groups in total. The summed E-state index contributed by atoms with van der Waals surface area (Å²) in [7, 11) is 3.41. The van der Waals surface area contributed by atoms with Gasteiger partial charge in [-0.1, -0.05) is 30.5 Å². The third-order valence-electron chi connectivity index (χ3n) is 5.65. The summed E-state index contributed by atoms with van der Waals surface area (Å²) in [5, 5.41) is 12.7. The van der Waals surface area contributed by atoms with Crippen molar-refractivity contribution < 1.29 is 9.53 Å². The predicted molar refractivity (Wildman–Crippen MR) is 113 cm³/mol. The molecule has 0 atom stereocenters. The number of benzene rings is 1. The molecule has 0 aliphatic heterocycles. The van der Waals surface area contributed by atoms with Crippen molar-refractivity contribution in [2.24, 2.45) is 5.92 Å². The standard InChI is InChI=1S/C22H28N6O2/c1-26(13-18-12-23-28(15-18)19-9-6-10-20(11-19)30-2)22(29)21-16-27(25-24-21)14-17-7-4-3-5-8-17/h6,9-12,15-17H,3-5,7-8,13-14H2,1-2H3. The third-order valence-corrected chi connectivity index (χ3v) is 5.65. The summed E-state index contributed by atoms with van der Waals surface area (Å²) in [6.07, 6.45) is 11.8. The predicted octanol–water partition coefficient (Wildman–Crippen LogP) is 3.32. The van der Waals surface area contributed by atoms with E-state index >= 15 is 0 Å². The Balaban J connectivity index is 1.37. The van der Waals surface area contributed by atoms with Crippen LogP contribution in [0, 0.1) is 5.92 Å². The van der Waals surface area contributed by atoms with Crippen LogP contribution in [0.1, 0.15) is 48.2 Å². The average molecular weight is 409 g/mol. The number of amides is 1. The number of carbonyl (C=O) groups is 1. The Hall–Kier alpha value is -3.16. The van der Waals surface area contributed by atoms with E-state index in [2.05, 4.69) is 15.4 Å². The number of methoxy groups -OCH3 is 1. The van der Waals surface area contributed by atoms with Crippen molar-refractivity contribution in [3.8, 4) is 11.4 Å². The van der Waals surface area contributed by atoms with E-state index in [-0.39, 0.29) is 5.91 Å². The summed E-state index contributed by atoms with van der Waals surface area (Å²) in [4.78, 5) is 14.4. The molecule has 1 aromatic carbocycles. The van der Waals surface area contributed by atoms with Gasteiger partial charge in [0.15, 0.2) is 5.69 Å². The van der Waals surface area contributed by atoms with Crippen molar-refractivity contribution in [2.75, 3.05) is 14.2 Å². The summed E-state index contributed by atoms with van der Waals surface area (Å²) >= 11 is 0. The molecule has 0 saturated heterocycles. The molecule has 30 heavy (non-hydrogen) atoms. The second-order valence-corrected chi connectivity index (χ2v) is 7.99. The maximum Gasteiger partial charge on any atom is 0.276 e. The summed E-state index contributed by atoms with van der Waals surface area (Å²) in [6.45, 7) is 1.29. The molecule has 1 amide bonds. The molecule has 1 aliphatic carbocycles. The number of rotatable bonds is 7. The highest BCUT2D eigenvalue weighted by atomic mass is 16.5. The van der Waals surface area contributed by atoms with E-state index in [1.54, 1.807) is 36.1 Å². The van der Waals surface area contributed by atoms with E-state index < -0.39 is 0 Å². The molecule has 8 nitrogen and oxygen atoms in total. The Morgan fingerprint density at radius 1 is 1.23 bits per heavy atom. The van der Waals surface area contributed by atoms with Crippen molar-refractivity contribution in [3.63, 3.8) is 0 Å². The van der Waals surface area contributed by atoms with E-state index in [9.17, 15) is 4.79 Å². The molecule has 8 heteroatoms. The lowest BCUT2D eigenvalue weighted by Crippen LogP contribution is -2.26. The minimum atomic E-state index is -0.140. The largest absolute Gasteiger partial charge is 0.497 e. The van der Waals surface area contributed by atoms with Crippen molar-refractivity contribution in [1.82, 2.24) is 29.7 Å². The molecule has 2 heterocycles. The van der Waals surface area contributed by atoms with Crippen molar-refractivity contribution in [1.29, 1.82) is 0 Å². The molecule has 1 fully saturated rings. The molecule has 2 aromatic heterocycles. The van der Waals surface area contributed by atoms with E-state index in [1.807, 2.05) is 35.1 Å². The van der Waals surface area contributed by atoms with Gasteiger partial charge in [0.1, 0.15) is 5.75 Å². The number of carbonyl (C=O) groups excluding carboxylic acids is 1. The number of aromatic nitrogens is 5. The van der Waals surface area contributed by atoms with Gasteiger partial charge in [-0.2, -0.15) is 5.10 Å². The molecule has 0 spiro atoms. The Labute approximate surface area is 176 Å². The number of hydrogen-bond acceptors (Lipinski definition) is 5. The fraction of sp³-hybridized carbons (Fsp3) is 0.455. The van der Waals surface area contributed by atoms with Gasteiger partial charge in [-0.05, 0) is 30.9 Å². The zero-order chi connectivity index (χ0) is 20.9. The lowest BCUT2D eigenvalue weighted by Gasteiger charge is -2.20. The molecule has 4 rings (SSSR count). The van der Waals surface area contributed by atoms with Crippen LogP contribution in [0.15, 0.2) is 42.9 Å². The minimum Gasteiger partial charge on any atom is -0.497 e. The molecule has 3 aromatic rings. The summed E-state index contributed by atoms with van der Waals surface area (Å²) in [5.41, 5.74) is 2.22. The van der Waals surface area contributed by atoms with Gasteiger partial charge in [-0.15, -0.1) is 5.10 Å². The summed E-state index contributed by atoms with van der Waals surface area (Å²) in [6, 6.07) is 7.68. The van der Waals surface area contributed by atoms with Crippen LogP contribution in [0.2, 0.25) is 0 Å². The maximum absolute atomic E-state index is 12.8. The first-order valence-corrected chi connectivity index (χ1v) is 10.5. The van der Waals surface area contributed by atoms with E-state index in [4.69, 9.17) is 4.74 Å². The van der Waals surface area contributed by atoms with Crippen LogP contribution in [0.3, 0.4) is 0 Å². The van der Waals surface area contributed by atoms with Gasteiger partial charge in [0.25, 0.3) is 5.91 Å². The minimum absolute atomic E-state index is 0.140. The molecule has 0 radical (unpaired) electrons. The lowest BCUT2D eigenvalue weighted by atomic mass is 9.89.